The molecule has 0 N–H and O–H groups in total. The third kappa shape index (κ3) is 15.4. The largest absolute Gasteiger partial charge is 0.456 e. The minimum atomic E-state index is -1.50. The zero-order valence-electron chi connectivity index (χ0n) is 12.0. The van der Waals surface area contributed by atoms with Gasteiger partial charge in [0.05, 0.1) is 0 Å². The van der Waals surface area contributed by atoms with E-state index in [-0.39, 0.29) is 0 Å². The third-order valence-corrected chi connectivity index (χ3v) is 2.77. The van der Waals surface area contributed by atoms with E-state index in [1.807, 2.05) is 12.4 Å². The Hall–Kier alpha value is -0.626. The number of unbranched alkanes of at least 4 members (excludes halogenated alkanes) is 2. The molecule has 0 aliphatic carbocycles. The summed E-state index contributed by atoms with van der Waals surface area (Å²) in [6.07, 6.45) is 6.54. The molecule has 0 saturated heterocycles. The number of oxime groups is 2. The van der Waals surface area contributed by atoms with Gasteiger partial charge < -0.3 is 9.05 Å². The molecule has 0 aliphatic heterocycles. The summed E-state index contributed by atoms with van der Waals surface area (Å²) in [5.41, 5.74) is 0. The van der Waals surface area contributed by atoms with Crippen LogP contribution in [0.2, 0.25) is 39.3 Å². The first-order valence-electron chi connectivity index (χ1n) is 6.11. The molecular formula is C11H26N2O2Si2. The van der Waals surface area contributed by atoms with E-state index in [4.69, 9.17) is 9.05 Å². The Morgan fingerprint density at radius 1 is 0.765 bits per heavy atom. The fourth-order valence-electron chi connectivity index (χ4n) is 0.797. The Morgan fingerprint density at radius 2 is 1.12 bits per heavy atom. The summed E-state index contributed by atoms with van der Waals surface area (Å²) >= 11 is 0. The van der Waals surface area contributed by atoms with Crippen molar-refractivity contribution in [1.29, 1.82) is 0 Å². The third-order valence-electron chi connectivity index (χ3n) is 1.47. The van der Waals surface area contributed by atoms with Gasteiger partial charge in [-0.05, 0) is 58.5 Å². The highest BCUT2D eigenvalue weighted by Gasteiger charge is 2.15. The van der Waals surface area contributed by atoms with Gasteiger partial charge in [0.1, 0.15) is 0 Å². The Labute approximate surface area is 107 Å². The lowest BCUT2D eigenvalue weighted by atomic mass is 10.3. The number of nitrogens with zero attached hydrogens (tertiary/aromatic N) is 2. The molecular weight excluding hydrogens is 248 g/mol. The van der Waals surface area contributed by atoms with Crippen molar-refractivity contribution >= 4 is 29.1 Å². The molecule has 0 heterocycles. The molecule has 0 aliphatic rings. The van der Waals surface area contributed by atoms with Crippen molar-refractivity contribution in [3.8, 4) is 0 Å². The highest BCUT2D eigenvalue weighted by molar-refractivity contribution is 6.70. The van der Waals surface area contributed by atoms with Crippen LogP contribution in [0.1, 0.15) is 19.3 Å². The van der Waals surface area contributed by atoms with Gasteiger partial charge in [-0.2, -0.15) is 0 Å². The number of hydrogen-bond acceptors (Lipinski definition) is 4. The first-order chi connectivity index (χ1) is 7.71. The van der Waals surface area contributed by atoms with Crippen molar-refractivity contribution in [3.63, 3.8) is 0 Å². The van der Waals surface area contributed by atoms with E-state index in [0.29, 0.717) is 0 Å². The highest BCUT2D eigenvalue weighted by Crippen LogP contribution is 2.03. The average molecular weight is 275 g/mol. The molecule has 0 aromatic rings. The molecule has 0 unspecified atom stereocenters. The standard InChI is InChI=1S/C11H26N2O2Si2/c1-16(2,3)14-12-10-8-7-9-11-13-15-17(4,5)6/h10-11H,7-9H2,1-6H3/b12-10+,13-11+. The summed E-state index contributed by atoms with van der Waals surface area (Å²) in [5, 5.41) is 7.94. The van der Waals surface area contributed by atoms with Crippen LogP contribution in [0.25, 0.3) is 0 Å². The number of rotatable bonds is 8. The molecule has 17 heavy (non-hydrogen) atoms. The number of hydrogen-bond donors (Lipinski definition) is 0. The molecule has 0 saturated carbocycles. The Kier molecular flexibility index (Phi) is 7.37. The molecule has 4 nitrogen and oxygen atoms in total. The van der Waals surface area contributed by atoms with Crippen LogP contribution in [-0.2, 0) is 9.05 Å². The van der Waals surface area contributed by atoms with Gasteiger partial charge >= 0.3 is 0 Å². The first kappa shape index (κ1) is 16.4. The predicted molar refractivity (Wildman–Crippen MR) is 79.7 cm³/mol. The minimum Gasteiger partial charge on any atom is -0.456 e. The van der Waals surface area contributed by atoms with E-state index in [2.05, 4.69) is 49.6 Å². The van der Waals surface area contributed by atoms with Crippen LogP contribution >= 0.6 is 0 Å². The van der Waals surface area contributed by atoms with Crippen LogP contribution < -0.4 is 0 Å². The summed E-state index contributed by atoms with van der Waals surface area (Å²) in [7, 11) is -3.00. The second-order valence-electron chi connectivity index (χ2n) is 5.91. The maximum absolute atomic E-state index is 5.36. The Morgan fingerprint density at radius 3 is 1.41 bits per heavy atom. The van der Waals surface area contributed by atoms with E-state index >= 15 is 0 Å². The second kappa shape index (κ2) is 7.65. The summed E-state index contributed by atoms with van der Waals surface area (Å²) in [6, 6.07) is 0. The average Bonchev–Trinajstić information content (AvgIpc) is 2.11. The first-order valence-corrected chi connectivity index (χ1v) is 12.9. The lowest BCUT2D eigenvalue weighted by Crippen LogP contribution is -2.22. The van der Waals surface area contributed by atoms with E-state index in [1.165, 1.54) is 0 Å². The van der Waals surface area contributed by atoms with Crippen molar-refractivity contribution in [2.24, 2.45) is 10.3 Å². The van der Waals surface area contributed by atoms with Gasteiger partial charge in [-0.15, -0.1) is 10.3 Å². The van der Waals surface area contributed by atoms with Crippen LogP contribution in [0.3, 0.4) is 0 Å². The predicted octanol–water partition coefficient (Wildman–Crippen LogP) is 3.83. The van der Waals surface area contributed by atoms with Crippen LogP contribution in [0.15, 0.2) is 10.3 Å². The summed E-state index contributed by atoms with van der Waals surface area (Å²) in [4.78, 5) is 0. The van der Waals surface area contributed by atoms with Crippen molar-refractivity contribution in [1.82, 2.24) is 0 Å². The van der Waals surface area contributed by atoms with Crippen molar-refractivity contribution < 1.29 is 9.05 Å². The molecule has 0 aromatic heterocycles. The molecule has 0 bridgehead atoms. The topological polar surface area (TPSA) is 43.2 Å². The van der Waals surface area contributed by atoms with Crippen LogP contribution in [-0.4, -0.2) is 29.1 Å². The van der Waals surface area contributed by atoms with E-state index < -0.39 is 16.6 Å². The van der Waals surface area contributed by atoms with Crippen LogP contribution in [0.4, 0.5) is 0 Å². The minimum absolute atomic E-state index is 0.920. The summed E-state index contributed by atoms with van der Waals surface area (Å²) in [6.45, 7) is 12.7. The smallest absolute Gasteiger partial charge is 0.278 e. The summed E-state index contributed by atoms with van der Waals surface area (Å²) in [5.74, 6) is 0. The van der Waals surface area contributed by atoms with E-state index in [1.54, 1.807) is 0 Å². The molecule has 6 heteroatoms. The lowest BCUT2D eigenvalue weighted by molar-refractivity contribution is 0.336. The molecule has 0 atom stereocenters. The Balaban J connectivity index is 3.47. The molecule has 0 fully saturated rings. The van der Waals surface area contributed by atoms with Gasteiger partial charge in [0.25, 0.3) is 16.6 Å². The maximum atomic E-state index is 5.36. The van der Waals surface area contributed by atoms with E-state index in [0.717, 1.165) is 19.3 Å². The SMILES string of the molecule is C[Si](C)(C)O/N=C/CCC/C=N/O[Si](C)(C)C. The van der Waals surface area contributed by atoms with Crippen molar-refractivity contribution in [3.05, 3.63) is 0 Å². The van der Waals surface area contributed by atoms with Gasteiger partial charge in [-0.3, -0.25) is 0 Å². The van der Waals surface area contributed by atoms with Gasteiger partial charge in [0, 0.05) is 12.4 Å². The molecule has 0 spiro atoms. The monoisotopic (exact) mass is 274 g/mol. The molecule has 0 radical (unpaired) electrons. The molecule has 0 rings (SSSR count). The van der Waals surface area contributed by atoms with Crippen LogP contribution in [0.5, 0.6) is 0 Å². The zero-order chi connectivity index (χ0) is 13.4. The van der Waals surface area contributed by atoms with Gasteiger partial charge in [0.2, 0.25) is 0 Å². The Bertz CT molecular complexity index is 229. The van der Waals surface area contributed by atoms with Gasteiger partial charge in [-0.25, -0.2) is 0 Å². The summed E-state index contributed by atoms with van der Waals surface area (Å²) < 4.78 is 10.7. The van der Waals surface area contributed by atoms with E-state index in [9.17, 15) is 0 Å². The lowest BCUT2D eigenvalue weighted by Gasteiger charge is -2.12. The zero-order valence-corrected chi connectivity index (χ0v) is 14.0. The molecule has 0 amide bonds. The van der Waals surface area contributed by atoms with Crippen LogP contribution in [0, 0.1) is 0 Å². The fraction of sp³-hybridized carbons (Fsp3) is 0.818. The molecule has 100 valence electrons. The fourth-order valence-corrected chi connectivity index (χ4v) is 1.58. The van der Waals surface area contributed by atoms with Gasteiger partial charge in [-0.1, -0.05) is 0 Å². The van der Waals surface area contributed by atoms with Crippen molar-refractivity contribution in [2.45, 2.75) is 58.5 Å². The molecule has 0 aromatic carbocycles. The van der Waals surface area contributed by atoms with Gasteiger partial charge in [0.15, 0.2) is 0 Å². The quantitative estimate of drug-likeness (QED) is 0.292. The second-order valence-corrected chi connectivity index (χ2v) is 14.7. The van der Waals surface area contributed by atoms with Crippen molar-refractivity contribution in [2.75, 3.05) is 0 Å². The maximum Gasteiger partial charge on any atom is 0.278 e. The highest BCUT2D eigenvalue weighted by atomic mass is 28.4. The normalized spacial score (nSPS) is 13.5.